The summed E-state index contributed by atoms with van der Waals surface area (Å²) < 4.78 is 61.8. The lowest BCUT2D eigenvalue weighted by molar-refractivity contribution is -0.168. The Morgan fingerprint density at radius 2 is 1.36 bits per heavy atom. The molecular formula is C20H24N10O12P2. The van der Waals surface area contributed by atoms with Crippen molar-refractivity contribution in [3.63, 3.8) is 0 Å². The number of nitrogen functional groups attached to an aromatic ring is 2. The lowest BCUT2D eigenvalue weighted by atomic mass is 10.1. The Morgan fingerprint density at radius 1 is 0.795 bits per heavy atom. The largest absolute Gasteiger partial charge is 0.472 e. The number of aromatic nitrogens is 8. The van der Waals surface area contributed by atoms with Crippen molar-refractivity contribution in [1.82, 2.24) is 39.0 Å². The van der Waals surface area contributed by atoms with Gasteiger partial charge in [0, 0.05) is 0 Å². The predicted molar refractivity (Wildman–Crippen MR) is 141 cm³/mol. The van der Waals surface area contributed by atoms with E-state index < -0.39 is 77.6 Å². The molecule has 4 aromatic heterocycles. The van der Waals surface area contributed by atoms with Crippen molar-refractivity contribution in [2.75, 3.05) is 24.4 Å². The van der Waals surface area contributed by atoms with Crippen molar-refractivity contribution in [2.45, 2.75) is 49.3 Å². The molecule has 8 N–H and O–H groups in total. The molecule has 3 saturated heterocycles. The lowest BCUT2D eigenvalue weighted by Crippen LogP contribution is -2.37. The van der Waals surface area contributed by atoms with E-state index in [2.05, 4.69) is 29.9 Å². The van der Waals surface area contributed by atoms with Crippen molar-refractivity contribution in [2.24, 2.45) is 0 Å². The number of anilines is 2. The molecule has 3 aliphatic rings. The first kappa shape index (κ1) is 29.5. The SMILES string of the molecule is Nc1ncnc2c1ncn2[C@@H]1O[C@@H]2OCP(=O)(O)O[C@@H]3[C@H](O)[C@@H](COP(=O)(O)O[C@@H]1[C@@H]2O)O[C@H]3n1cnc2c(N)ncnc21. The molecule has 0 aromatic carbocycles. The summed E-state index contributed by atoms with van der Waals surface area (Å²) in [5.74, 6) is 0.0613. The van der Waals surface area contributed by atoms with Gasteiger partial charge in [0.25, 0.3) is 0 Å². The molecule has 3 aliphatic heterocycles. The number of nitrogens with two attached hydrogens (primary N) is 2. The highest BCUT2D eigenvalue weighted by molar-refractivity contribution is 7.52. The lowest BCUT2D eigenvalue weighted by Gasteiger charge is -2.26. The van der Waals surface area contributed by atoms with Crippen LogP contribution in [0, 0.1) is 0 Å². The monoisotopic (exact) mass is 658 g/mol. The number of ether oxygens (including phenoxy) is 3. The van der Waals surface area contributed by atoms with Gasteiger partial charge in [-0.3, -0.25) is 27.3 Å². The Bertz CT molecular complexity index is 1690. The van der Waals surface area contributed by atoms with E-state index in [9.17, 15) is 29.1 Å². The minimum Gasteiger partial charge on any atom is -0.387 e. The number of phosphoric acid groups is 1. The van der Waals surface area contributed by atoms with E-state index in [0.717, 1.165) is 12.7 Å². The highest BCUT2D eigenvalue weighted by Crippen LogP contribution is 2.53. The zero-order valence-corrected chi connectivity index (χ0v) is 23.8. The molecule has 10 atom stereocenters. The van der Waals surface area contributed by atoms with Gasteiger partial charge >= 0.3 is 15.4 Å². The van der Waals surface area contributed by atoms with Gasteiger partial charge in [0.1, 0.15) is 54.2 Å². The Balaban J connectivity index is 1.22. The zero-order chi connectivity index (χ0) is 31.0. The maximum atomic E-state index is 13.2. The number of aliphatic hydroxyl groups is 2. The van der Waals surface area contributed by atoms with E-state index in [1.54, 1.807) is 0 Å². The van der Waals surface area contributed by atoms with Crippen molar-refractivity contribution >= 4 is 49.4 Å². The van der Waals surface area contributed by atoms with Gasteiger partial charge in [-0.15, -0.1) is 0 Å². The van der Waals surface area contributed by atoms with Crippen molar-refractivity contribution in [3.8, 4) is 0 Å². The van der Waals surface area contributed by atoms with Crippen molar-refractivity contribution in [3.05, 3.63) is 25.3 Å². The molecule has 0 amide bonds. The number of fused-ring (bicyclic) bond motifs is 6. The van der Waals surface area contributed by atoms with E-state index in [1.165, 1.54) is 21.8 Å². The molecule has 4 aromatic rings. The molecule has 0 radical (unpaired) electrons. The van der Waals surface area contributed by atoms with E-state index in [4.69, 9.17) is 39.2 Å². The number of rotatable bonds is 2. The fraction of sp³-hybridized carbons (Fsp3) is 0.500. The van der Waals surface area contributed by atoms with Crippen LogP contribution in [0.2, 0.25) is 0 Å². The maximum absolute atomic E-state index is 13.2. The van der Waals surface area contributed by atoms with E-state index in [1.807, 2.05) is 0 Å². The first-order valence-electron chi connectivity index (χ1n) is 12.7. The molecule has 44 heavy (non-hydrogen) atoms. The fourth-order valence-corrected chi connectivity index (χ4v) is 7.08. The second-order valence-electron chi connectivity index (χ2n) is 9.94. The summed E-state index contributed by atoms with van der Waals surface area (Å²) in [7, 11) is -9.80. The molecule has 0 spiro atoms. The number of hydrogen-bond acceptors (Lipinski definition) is 18. The van der Waals surface area contributed by atoms with Crippen LogP contribution in [0.1, 0.15) is 12.5 Å². The Morgan fingerprint density at radius 3 is 1.98 bits per heavy atom. The van der Waals surface area contributed by atoms with Crippen LogP contribution in [0.4, 0.5) is 11.6 Å². The van der Waals surface area contributed by atoms with Crippen LogP contribution in [0.15, 0.2) is 25.3 Å². The molecule has 2 unspecified atom stereocenters. The minimum absolute atomic E-state index is 0.0250. The Kier molecular flexibility index (Phi) is 7.16. The molecule has 7 rings (SSSR count). The zero-order valence-electron chi connectivity index (χ0n) is 22.0. The first-order chi connectivity index (χ1) is 20.9. The van der Waals surface area contributed by atoms with Gasteiger partial charge in [-0.25, -0.2) is 34.5 Å². The number of nitrogens with zero attached hydrogens (tertiary/aromatic N) is 8. The number of aliphatic hydroxyl groups excluding tert-OH is 2. The summed E-state index contributed by atoms with van der Waals surface area (Å²) in [5, 5.41) is 22.1. The quantitative estimate of drug-likeness (QED) is 0.132. The molecule has 22 nitrogen and oxygen atoms in total. The molecule has 0 saturated carbocycles. The molecular weight excluding hydrogens is 634 g/mol. The van der Waals surface area contributed by atoms with Gasteiger partial charge in [-0.05, 0) is 0 Å². The molecule has 3 fully saturated rings. The van der Waals surface area contributed by atoms with Crippen LogP contribution in [0.5, 0.6) is 0 Å². The average Bonchev–Trinajstić information content (AvgIpc) is 3.73. The van der Waals surface area contributed by atoms with Crippen LogP contribution >= 0.6 is 15.4 Å². The second kappa shape index (κ2) is 10.7. The smallest absolute Gasteiger partial charge is 0.387 e. The average molecular weight is 658 g/mol. The standard InChI is InChI=1S/C20H24N10O12P2/c21-14-8-16(25-2-23-14)29(4-27-8)18-12-10(31)7(39-18)1-38-44(35,36)42-13-11(32)20(37-6-43(33,34)41-12)40-19(13)30-5-28-9-15(22)24-3-26-17(9)30/h2-5,7,10-13,18-20,31-32H,1,6H2,(H,33,34)(H,35,36)(H2,21,23,25)(H2,22,24,26)/t7-,10-,11+,12-,13-,18-,19-,20+/m1/s1. The van der Waals surface area contributed by atoms with Gasteiger partial charge in [0.2, 0.25) is 0 Å². The van der Waals surface area contributed by atoms with Crippen molar-refractivity contribution in [1.29, 1.82) is 0 Å². The number of hydrogen-bond donors (Lipinski definition) is 6. The topological polar surface area (TPSA) is 310 Å². The summed E-state index contributed by atoms with van der Waals surface area (Å²) in [6, 6.07) is 0. The highest BCUT2D eigenvalue weighted by Gasteiger charge is 2.54. The van der Waals surface area contributed by atoms with Crippen LogP contribution in [0.3, 0.4) is 0 Å². The van der Waals surface area contributed by atoms with Crippen LogP contribution < -0.4 is 11.5 Å². The van der Waals surface area contributed by atoms with E-state index >= 15 is 0 Å². The van der Waals surface area contributed by atoms with Gasteiger partial charge < -0.3 is 45.7 Å². The van der Waals surface area contributed by atoms with E-state index in [0.29, 0.717) is 0 Å². The minimum atomic E-state index is -5.04. The summed E-state index contributed by atoms with van der Waals surface area (Å²) in [4.78, 5) is 45.5. The molecule has 4 bridgehead atoms. The highest BCUT2D eigenvalue weighted by atomic mass is 31.2. The van der Waals surface area contributed by atoms with Gasteiger partial charge in [0.15, 0.2) is 48.0 Å². The van der Waals surface area contributed by atoms with E-state index in [-0.39, 0.29) is 34.0 Å². The molecule has 7 heterocycles. The van der Waals surface area contributed by atoms with Gasteiger partial charge in [-0.2, -0.15) is 0 Å². The molecule has 0 aliphatic carbocycles. The first-order valence-corrected chi connectivity index (χ1v) is 16.0. The summed E-state index contributed by atoms with van der Waals surface area (Å²) in [6.07, 6.45) is -8.94. The van der Waals surface area contributed by atoms with Crippen molar-refractivity contribution < 1.29 is 56.9 Å². The number of imidazole rings is 2. The summed E-state index contributed by atoms with van der Waals surface area (Å²) in [6.45, 7) is -0.767. The Hall–Kier alpha value is -3.24. The Labute approximate surface area is 244 Å². The van der Waals surface area contributed by atoms with Crippen LogP contribution in [-0.2, 0) is 36.9 Å². The maximum Gasteiger partial charge on any atom is 0.472 e. The summed E-state index contributed by atoms with van der Waals surface area (Å²) >= 11 is 0. The van der Waals surface area contributed by atoms with Gasteiger partial charge in [-0.1, -0.05) is 0 Å². The fourth-order valence-electron chi connectivity index (χ4n) is 5.14. The summed E-state index contributed by atoms with van der Waals surface area (Å²) in [5.41, 5.74) is 12.3. The molecule has 24 heteroatoms. The third kappa shape index (κ3) is 5.04. The third-order valence-corrected chi connectivity index (χ3v) is 9.18. The predicted octanol–water partition coefficient (Wildman–Crippen LogP) is -1.63. The van der Waals surface area contributed by atoms with Gasteiger partial charge in [0.05, 0.1) is 19.3 Å². The number of phosphoric ester groups is 1. The second-order valence-corrected chi connectivity index (χ2v) is 13.1. The van der Waals surface area contributed by atoms with Crippen LogP contribution in [-0.4, -0.2) is 109 Å². The third-order valence-electron chi connectivity index (χ3n) is 7.15. The molecule has 236 valence electrons. The van der Waals surface area contributed by atoms with Crippen LogP contribution in [0.25, 0.3) is 22.3 Å². The normalized spacial score (nSPS) is 38.3.